The molecule has 0 aliphatic carbocycles. The van der Waals surface area contributed by atoms with Crippen molar-refractivity contribution in [2.24, 2.45) is 60.8 Å². The lowest BCUT2D eigenvalue weighted by molar-refractivity contribution is -0.142. The van der Waals surface area contributed by atoms with Gasteiger partial charge < -0.3 is 82.7 Å². The number of hydrogen-bond acceptors (Lipinski definition) is 12. The molecule has 0 fully saturated rings. The third-order valence-electron chi connectivity index (χ3n) is 8.78. The SMILES string of the molecule is C[C@H](NC(=O)[C@@H](N)CCCN=C(N)N)C(=O)N[C@@H](CCCN=C(N)N)C(=O)N[C@@H](Cc1ccc(O)cc1)C(=O)N[C@@H](CCCCN)C(=O)N[C@@H](CCCN=C(N)N)C(=O)O. The van der Waals surface area contributed by atoms with E-state index in [1.165, 1.54) is 31.2 Å². The lowest BCUT2D eigenvalue weighted by Crippen LogP contribution is -2.59. The second-order valence-electron chi connectivity index (χ2n) is 13.9. The normalized spacial score (nSPS) is 13.7. The minimum atomic E-state index is -1.37. The zero-order valence-corrected chi connectivity index (χ0v) is 34.0. The maximum Gasteiger partial charge on any atom is 0.326 e. The van der Waals surface area contributed by atoms with Gasteiger partial charge in [0.2, 0.25) is 29.5 Å². The Bertz CT molecular complexity index is 1630. The van der Waals surface area contributed by atoms with E-state index in [4.69, 9.17) is 45.9 Å². The molecule has 1 rings (SSSR count). The number of nitrogens with two attached hydrogens (primary N) is 8. The smallest absolute Gasteiger partial charge is 0.326 e. The van der Waals surface area contributed by atoms with E-state index in [1.54, 1.807) is 0 Å². The van der Waals surface area contributed by atoms with Gasteiger partial charge in [-0.25, -0.2) is 4.79 Å². The number of hydrogen-bond donors (Lipinski definition) is 15. The highest BCUT2D eigenvalue weighted by molar-refractivity contribution is 5.96. The molecule has 0 aliphatic heterocycles. The largest absolute Gasteiger partial charge is 0.508 e. The van der Waals surface area contributed by atoms with E-state index >= 15 is 0 Å². The monoisotopic (exact) mass is 849 g/mol. The number of phenolic OH excluding ortho intramolecular Hbond substituents is 1. The van der Waals surface area contributed by atoms with Crippen molar-refractivity contribution in [3.05, 3.63) is 29.8 Å². The highest BCUT2D eigenvalue weighted by Crippen LogP contribution is 2.13. The summed E-state index contributed by atoms with van der Waals surface area (Å²) in [5.74, 6) is -5.64. The van der Waals surface area contributed by atoms with E-state index in [2.05, 4.69) is 41.6 Å². The molecule has 0 unspecified atom stereocenters. The fourth-order valence-electron chi connectivity index (χ4n) is 5.52. The van der Waals surface area contributed by atoms with Crippen molar-refractivity contribution in [1.29, 1.82) is 0 Å². The van der Waals surface area contributed by atoms with Crippen molar-refractivity contribution in [1.82, 2.24) is 26.6 Å². The lowest BCUT2D eigenvalue weighted by Gasteiger charge is -2.27. The number of carbonyl (C=O) groups excluding carboxylic acids is 5. The van der Waals surface area contributed by atoms with Gasteiger partial charge in [0, 0.05) is 26.1 Å². The van der Waals surface area contributed by atoms with Crippen LogP contribution in [0.3, 0.4) is 0 Å². The Morgan fingerprint density at radius 1 is 0.567 bits per heavy atom. The van der Waals surface area contributed by atoms with Crippen LogP contribution < -0.4 is 72.5 Å². The summed E-state index contributed by atoms with van der Waals surface area (Å²) in [6.07, 6.45) is 1.80. The van der Waals surface area contributed by atoms with Crippen LogP contribution in [-0.4, -0.2) is 126 Å². The van der Waals surface area contributed by atoms with Crippen molar-refractivity contribution in [3.63, 3.8) is 0 Å². The molecule has 5 amide bonds. The number of carbonyl (C=O) groups is 6. The zero-order valence-electron chi connectivity index (χ0n) is 34.0. The topological polar surface area (TPSA) is 448 Å². The van der Waals surface area contributed by atoms with Gasteiger partial charge in [-0.05, 0) is 89.0 Å². The number of nitrogens with zero attached hydrogens (tertiary/aromatic N) is 3. The van der Waals surface area contributed by atoms with Crippen LogP contribution >= 0.6 is 0 Å². The van der Waals surface area contributed by atoms with Gasteiger partial charge >= 0.3 is 5.97 Å². The Balaban J connectivity index is 3.35. The Kier molecular flexibility index (Phi) is 24.1. The highest BCUT2D eigenvalue weighted by Gasteiger charge is 2.32. The first-order valence-electron chi connectivity index (χ1n) is 19.5. The molecule has 60 heavy (non-hydrogen) atoms. The molecule has 0 spiro atoms. The summed E-state index contributed by atoms with van der Waals surface area (Å²) in [6, 6.07) is -1.57. The van der Waals surface area contributed by atoms with Crippen LogP contribution in [0.15, 0.2) is 39.2 Å². The maximum atomic E-state index is 14.0. The van der Waals surface area contributed by atoms with Crippen molar-refractivity contribution >= 4 is 53.4 Å². The molecular formula is C36H64N16O8. The van der Waals surface area contributed by atoms with E-state index in [9.17, 15) is 39.0 Å². The first-order chi connectivity index (χ1) is 28.3. The van der Waals surface area contributed by atoms with Crippen molar-refractivity contribution in [3.8, 4) is 5.75 Å². The van der Waals surface area contributed by atoms with Crippen LogP contribution in [0.25, 0.3) is 0 Å². The molecule has 1 aromatic carbocycles. The van der Waals surface area contributed by atoms with Crippen LogP contribution in [0.5, 0.6) is 5.75 Å². The summed E-state index contributed by atoms with van der Waals surface area (Å²) in [5.41, 5.74) is 44.3. The molecule has 24 nitrogen and oxygen atoms in total. The molecular weight excluding hydrogens is 784 g/mol. The van der Waals surface area contributed by atoms with E-state index < -0.39 is 71.8 Å². The third kappa shape index (κ3) is 21.9. The minimum absolute atomic E-state index is 0.0171. The molecule has 0 saturated carbocycles. The van der Waals surface area contributed by atoms with Gasteiger partial charge in [0.05, 0.1) is 6.04 Å². The number of aromatic hydroxyl groups is 1. The summed E-state index contributed by atoms with van der Waals surface area (Å²) in [6.45, 7) is 2.14. The number of aliphatic imine (C=N–C) groups is 3. The Morgan fingerprint density at radius 3 is 1.47 bits per heavy atom. The summed E-state index contributed by atoms with van der Waals surface area (Å²) in [4.78, 5) is 91.2. The van der Waals surface area contributed by atoms with Gasteiger partial charge in [0.25, 0.3) is 0 Å². The minimum Gasteiger partial charge on any atom is -0.508 e. The number of nitrogens with one attached hydrogen (secondary N) is 5. The second-order valence-corrected chi connectivity index (χ2v) is 13.9. The second kappa shape index (κ2) is 28.1. The number of benzene rings is 1. The van der Waals surface area contributed by atoms with Gasteiger partial charge in [-0.15, -0.1) is 0 Å². The van der Waals surface area contributed by atoms with E-state index in [-0.39, 0.29) is 94.8 Å². The highest BCUT2D eigenvalue weighted by atomic mass is 16.4. The molecule has 24 heteroatoms. The molecule has 0 aromatic heterocycles. The Morgan fingerprint density at radius 2 is 0.983 bits per heavy atom. The van der Waals surface area contributed by atoms with Crippen LogP contribution in [0.2, 0.25) is 0 Å². The summed E-state index contributed by atoms with van der Waals surface area (Å²) in [7, 11) is 0. The van der Waals surface area contributed by atoms with Crippen molar-refractivity contribution in [2.45, 2.75) is 107 Å². The first-order valence-corrected chi connectivity index (χ1v) is 19.5. The standard InChI is InChI=1S/C36H64N16O8/c1-20(48-29(55)23(38)7-4-16-45-34(39)40)28(54)49-25(9-5-17-46-35(41)42)31(57)52-27(19-21-11-13-22(53)14-12-21)32(58)50-24(8-2-3-15-37)30(56)51-26(33(59)60)10-6-18-47-36(43)44/h11-14,20,23-27,53H,2-10,15-19,37-38H2,1H3,(H,48,55)(H,49,54)(H,50,58)(H,51,56)(H,52,57)(H,59,60)(H4,39,40,45)(H4,41,42,46)(H4,43,44,47)/t20-,23-,24-,25-,26-,27-/m0/s1. The predicted octanol–water partition coefficient (Wildman–Crippen LogP) is -4.92. The number of rotatable bonds is 29. The fourth-order valence-corrected chi connectivity index (χ4v) is 5.52. The van der Waals surface area contributed by atoms with Gasteiger partial charge in [0.1, 0.15) is 36.0 Å². The number of guanidine groups is 3. The molecule has 23 N–H and O–H groups in total. The number of phenols is 1. The average molecular weight is 849 g/mol. The summed E-state index contributed by atoms with van der Waals surface area (Å²) in [5, 5.41) is 32.5. The Hall–Kier alpha value is -6.43. The lowest BCUT2D eigenvalue weighted by atomic mass is 10.0. The number of carboxylic acid groups (broad SMARTS) is 1. The molecule has 0 aliphatic rings. The van der Waals surface area contributed by atoms with E-state index in [0.29, 0.717) is 24.8 Å². The van der Waals surface area contributed by atoms with Gasteiger partial charge in [-0.1, -0.05) is 12.1 Å². The first kappa shape index (κ1) is 51.6. The van der Waals surface area contributed by atoms with Gasteiger partial charge in [0.15, 0.2) is 17.9 Å². The van der Waals surface area contributed by atoms with Crippen molar-refractivity contribution in [2.75, 3.05) is 26.2 Å². The quantitative estimate of drug-likeness (QED) is 0.0204. The fraction of sp³-hybridized carbons (Fsp3) is 0.583. The molecule has 0 bridgehead atoms. The van der Waals surface area contributed by atoms with Crippen LogP contribution in [0, 0.1) is 0 Å². The number of carboxylic acids is 1. The predicted molar refractivity (Wildman–Crippen MR) is 225 cm³/mol. The molecule has 1 aromatic rings. The third-order valence-corrected chi connectivity index (χ3v) is 8.78. The summed E-state index contributed by atoms with van der Waals surface area (Å²) >= 11 is 0. The molecule has 0 heterocycles. The zero-order chi connectivity index (χ0) is 45.2. The molecule has 0 saturated heterocycles. The van der Waals surface area contributed by atoms with Gasteiger partial charge in [-0.3, -0.25) is 38.9 Å². The Labute approximate surface area is 348 Å². The molecule has 0 radical (unpaired) electrons. The molecule has 336 valence electrons. The van der Waals surface area contributed by atoms with Crippen LogP contribution in [-0.2, 0) is 35.2 Å². The van der Waals surface area contributed by atoms with Crippen LogP contribution in [0.4, 0.5) is 0 Å². The van der Waals surface area contributed by atoms with Crippen LogP contribution in [0.1, 0.15) is 70.3 Å². The van der Waals surface area contributed by atoms with Crippen molar-refractivity contribution < 1.29 is 39.0 Å². The van der Waals surface area contributed by atoms with Gasteiger partial charge in [-0.2, -0.15) is 0 Å². The summed E-state index contributed by atoms with van der Waals surface area (Å²) < 4.78 is 0. The number of amides is 5. The maximum absolute atomic E-state index is 14.0. The molecule has 6 atom stereocenters. The van der Waals surface area contributed by atoms with E-state index in [0.717, 1.165) is 0 Å². The van der Waals surface area contributed by atoms with E-state index in [1.807, 2.05) is 0 Å². The number of aliphatic carboxylic acids is 1. The average Bonchev–Trinajstić information content (AvgIpc) is 3.18. The number of unbranched alkanes of at least 4 members (excludes halogenated alkanes) is 1.